The smallest absolute Gasteiger partial charge is 0.298 e. The molecule has 1 saturated carbocycles. The average Bonchev–Trinajstić information content (AvgIpc) is 3.31. The fraction of sp³-hybridized carbons (Fsp3) is 0.250. The lowest BCUT2D eigenvalue weighted by atomic mass is 10.1. The zero-order valence-electron chi connectivity index (χ0n) is 11.7. The summed E-state index contributed by atoms with van der Waals surface area (Å²) in [6.07, 6.45) is 2.79. The summed E-state index contributed by atoms with van der Waals surface area (Å²) in [5.74, 6) is -0.660. The first-order chi connectivity index (χ1) is 10.6. The van der Waals surface area contributed by atoms with Crippen molar-refractivity contribution >= 4 is 5.91 Å². The van der Waals surface area contributed by atoms with E-state index >= 15 is 0 Å². The van der Waals surface area contributed by atoms with E-state index in [-0.39, 0.29) is 12.1 Å². The zero-order valence-corrected chi connectivity index (χ0v) is 11.7. The van der Waals surface area contributed by atoms with Gasteiger partial charge in [-0.05, 0) is 25.0 Å². The molecule has 0 bridgehead atoms. The largest absolute Gasteiger partial charge is 0.338 e. The minimum absolute atomic E-state index is 0.199. The number of hydrogen-bond donors (Lipinski definition) is 0. The second-order valence-corrected chi connectivity index (χ2v) is 5.46. The Bertz CT molecular complexity index is 883. The van der Waals surface area contributed by atoms with Crippen LogP contribution < -0.4 is 11.2 Å². The van der Waals surface area contributed by atoms with Crippen LogP contribution in [0, 0.1) is 16.7 Å². The van der Waals surface area contributed by atoms with Crippen molar-refractivity contribution in [3.05, 3.63) is 69.0 Å². The second kappa shape index (κ2) is 5.11. The molecular formula is C16H13N3O3. The van der Waals surface area contributed by atoms with Gasteiger partial charge in [0.15, 0.2) is 0 Å². The Kier molecular flexibility index (Phi) is 3.26. The summed E-state index contributed by atoms with van der Waals surface area (Å²) in [6, 6.07) is 11.5. The number of rotatable bonds is 3. The summed E-state index contributed by atoms with van der Waals surface area (Å²) in [4.78, 5) is 36.7. The minimum Gasteiger partial charge on any atom is -0.298 e. The van der Waals surface area contributed by atoms with Crippen LogP contribution in [0.1, 0.15) is 23.2 Å². The number of carbonyl (C=O) groups excluding carboxylic acids is 1. The van der Waals surface area contributed by atoms with Crippen LogP contribution in [0.25, 0.3) is 0 Å². The van der Waals surface area contributed by atoms with Crippen LogP contribution >= 0.6 is 0 Å². The quantitative estimate of drug-likeness (QED) is 0.845. The van der Waals surface area contributed by atoms with Gasteiger partial charge in [0.05, 0.1) is 11.5 Å². The molecular weight excluding hydrogens is 282 g/mol. The van der Waals surface area contributed by atoms with Crippen molar-refractivity contribution in [1.29, 1.82) is 5.26 Å². The summed E-state index contributed by atoms with van der Waals surface area (Å²) in [5, 5.41) is 9.12. The lowest BCUT2D eigenvalue weighted by Crippen LogP contribution is -2.43. The summed E-state index contributed by atoms with van der Waals surface area (Å²) in [5.41, 5.74) is -1.65. The maximum absolute atomic E-state index is 12.4. The van der Waals surface area contributed by atoms with E-state index in [2.05, 4.69) is 6.07 Å². The highest BCUT2D eigenvalue weighted by Gasteiger charge is 2.43. The number of nitriles is 1. The second-order valence-electron chi connectivity index (χ2n) is 5.46. The molecule has 110 valence electrons. The molecule has 0 atom stereocenters. The molecule has 0 radical (unpaired) electrons. The van der Waals surface area contributed by atoms with Gasteiger partial charge in [0, 0.05) is 24.4 Å². The highest BCUT2D eigenvalue weighted by molar-refractivity contribution is 5.95. The van der Waals surface area contributed by atoms with Crippen LogP contribution in [-0.2, 0) is 6.54 Å². The van der Waals surface area contributed by atoms with Crippen molar-refractivity contribution in [2.75, 3.05) is 0 Å². The predicted octanol–water partition coefficient (Wildman–Crippen LogP) is 1.00. The number of carbonyl (C=O) groups is 1. The average molecular weight is 295 g/mol. The van der Waals surface area contributed by atoms with E-state index in [1.165, 1.54) is 16.8 Å². The van der Waals surface area contributed by atoms with Gasteiger partial charge in [0.25, 0.3) is 11.5 Å². The Hall–Kier alpha value is -2.94. The lowest BCUT2D eigenvalue weighted by molar-refractivity contribution is 0.0948. The standard InChI is InChI=1S/C16H13N3O3/c17-10-16(7-8-16)11-18-9-6-13(20)19(15(18)22)14(21)12-4-2-1-3-5-12/h1-6,9H,7-8,11H2. The molecule has 1 heterocycles. The summed E-state index contributed by atoms with van der Waals surface area (Å²) in [6.45, 7) is 0.199. The molecule has 1 aliphatic rings. The highest BCUT2D eigenvalue weighted by Crippen LogP contribution is 2.45. The fourth-order valence-electron chi connectivity index (χ4n) is 2.31. The van der Waals surface area contributed by atoms with Gasteiger partial charge in [-0.1, -0.05) is 18.2 Å². The SMILES string of the molecule is N#CC1(Cn2ccc(=O)n(C(=O)c3ccccc3)c2=O)CC1. The fourth-order valence-corrected chi connectivity index (χ4v) is 2.31. The van der Waals surface area contributed by atoms with Crippen LogP contribution in [0.5, 0.6) is 0 Å². The molecule has 0 unspecified atom stereocenters. The summed E-state index contributed by atoms with van der Waals surface area (Å²) >= 11 is 0. The van der Waals surface area contributed by atoms with E-state index in [1.807, 2.05) is 0 Å². The van der Waals surface area contributed by atoms with Crippen molar-refractivity contribution in [2.45, 2.75) is 19.4 Å². The molecule has 2 aromatic rings. The molecule has 1 aromatic heterocycles. The molecule has 0 amide bonds. The van der Waals surface area contributed by atoms with Crippen LogP contribution in [0.2, 0.25) is 0 Å². The maximum Gasteiger partial charge on any atom is 0.338 e. The Morgan fingerprint density at radius 2 is 1.86 bits per heavy atom. The maximum atomic E-state index is 12.4. The van der Waals surface area contributed by atoms with Gasteiger partial charge in [-0.25, -0.2) is 4.79 Å². The first-order valence-corrected chi connectivity index (χ1v) is 6.90. The van der Waals surface area contributed by atoms with Crippen molar-refractivity contribution in [3.63, 3.8) is 0 Å². The molecule has 6 heteroatoms. The number of aromatic nitrogens is 2. The predicted molar refractivity (Wildman–Crippen MR) is 78.4 cm³/mol. The van der Waals surface area contributed by atoms with Gasteiger partial charge in [-0.15, -0.1) is 0 Å². The van der Waals surface area contributed by atoms with E-state index in [9.17, 15) is 14.4 Å². The first kappa shape index (κ1) is 14.0. The molecule has 3 rings (SSSR count). The normalized spacial score (nSPS) is 15.0. The van der Waals surface area contributed by atoms with Gasteiger partial charge in [-0.2, -0.15) is 9.83 Å². The molecule has 0 spiro atoms. The van der Waals surface area contributed by atoms with Gasteiger partial charge < -0.3 is 0 Å². The van der Waals surface area contributed by atoms with E-state index in [4.69, 9.17) is 5.26 Å². The van der Waals surface area contributed by atoms with E-state index < -0.39 is 22.6 Å². The lowest BCUT2D eigenvalue weighted by Gasteiger charge is -2.11. The number of nitrogens with zero attached hydrogens (tertiary/aromatic N) is 3. The third-order valence-corrected chi connectivity index (χ3v) is 3.84. The Morgan fingerprint density at radius 3 is 2.45 bits per heavy atom. The van der Waals surface area contributed by atoms with Gasteiger partial charge in [-0.3, -0.25) is 14.2 Å². The summed E-state index contributed by atoms with van der Waals surface area (Å²) < 4.78 is 1.88. The Morgan fingerprint density at radius 1 is 1.18 bits per heavy atom. The van der Waals surface area contributed by atoms with Crippen molar-refractivity contribution in [1.82, 2.24) is 9.13 Å². The first-order valence-electron chi connectivity index (χ1n) is 6.90. The topological polar surface area (TPSA) is 84.9 Å². The van der Waals surface area contributed by atoms with Crippen LogP contribution in [0.3, 0.4) is 0 Å². The molecule has 0 saturated heterocycles. The van der Waals surface area contributed by atoms with Gasteiger partial charge >= 0.3 is 5.69 Å². The molecule has 0 N–H and O–H groups in total. The third kappa shape index (κ3) is 2.37. The monoisotopic (exact) mass is 295 g/mol. The van der Waals surface area contributed by atoms with Crippen LogP contribution in [0.4, 0.5) is 0 Å². The minimum atomic E-state index is -0.706. The summed E-state index contributed by atoms with van der Waals surface area (Å²) in [7, 11) is 0. The molecule has 1 aliphatic carbocycles. The van der Waals surface area contributed by atoms with E-state index in [0.717, 1.165) is 12.8 Å². The van der Waals surface area contributed by atoms with Gasteiger partial charge in [0.1, 0.15) is 0 Å². The molecule has 22 heavy (non-hydrogen) atoms. The molecule has 1 fully saturated rings. The number of hydrogen-bond acceptors (Lipinski definition) is 4. The highest BCUT2D eigenvalue weighted by atomic mass is 16.2. The van der Waals surface area contributed by atoms with Crippen molar-refractivity contribution in [3.8, 4) is 6.07 Å². The molecule has 1 aromatic carbocycles. The number of benzene rings is 1. The van der Waals surface area contributed by atoms with Gasteiger partial charge in [0.2, 0.25) is 0 Å². The van der Waals surface area contributed by atoms with Crippen molar-refractivity contribution < 1.29 is 4.79 Å². The van der Waals surface area contributed by atoms with Crippen molar-refractivity contribution in [2.24, 2.45) is 5.41 Å². The molecule has 6 nitrogen and oxygen atoms in total. The Balaban J connectivity index is 2.05. The molecule has 0 aliphatic heterocycles. The van der Waals surface area contributed by atoms with Crippen LogP contribution in [-0.4, -0.2) is 15.0 Å². The Labute approximate surface area is 125 Å². The van der Waals surface area contributed by atoms with E-state index in [0.29, 0.717) is 4.57 Å². The third-order valence-electron chi connectivity index (χ3n) is 3.84. The zero-order chi connectivity index (χ0) is 15.7. The van der Waals surface area contributed by atoms with E-state index in [1.54, 1.807) is 30.3 Å². The van der Waals surface area contributed by atoms with Crippen LogP contribution in [0.15, 0.2) is 52.2 Å².